The van der Waals surface area contributed by atoms with Gasteiger partial charge >= 0.3 is 5.97 Å². The van der Waals surface area contributed by atoms with E-state index in [0.717, 1.165) is 5.56 Å². The first-order valence-electron chi connectivity index (χ1n) is 6.46. The summed E-state index contributed by atoms with van der Waals surface area (Å²) in [4.78, 5) is 11.3. The second-order valence-electron chi connectivity index (χ2n) is 4.61. The van der Waals surface area contributed by atoms with Crippen molar-refractivity contribution in [3.63, 3.8) is 0 Å². The van der Waals surface area contributed by atoms with E-state index in [-0.39, 0.29) is 5.56 Å². The average molecular weight is 291 g/mol. The van der Waals surface area contributed by atoms with E-state index in [1.807, 2.05) is 30.3 Å². The summed E-state index contributed by atoms with van der Waals surface area (Å²) in [6.45, 7) is 0.383. The Morgan fingerprint density at radius 1 is 1.00 bits per heavy atom. The Bertz CT molecular complexity index is 585. The number of alkyl halides is 2. The lowest BCUT2D eigenvalue weighted by molar-refractivity contribution is -0.139. The van der Waals surface area contributed by atoms with E-state index in [9.17, 15) is 18.7 Å². The molecule has 0 aliphatic rings. The summed E-state index contributed by atoms with van der Waals surface area (Å²) in [5, 5.41) is 12.2. The van der Waals surface area contributed by atoms with Gasteiger partial charge in [-0.3, -0.25) is 10.1 Å². The molecular formula is C16H15F2NO2. The summed E-state index contributed by atoms with van der Waals surface area (Å²) in [6, 6.07) is 13.8. The maximum absolute atomic E-state index is 12.5. The second-order valence-corrected chi connectivity index (χ2v) is 4.61. The van der Waals surface area contributed by atoms with Gasteiger partial charge in [0.15, 0.2) is 0 Å². The van der Waals surface area contributed by atoms with Crippen LogP contribution >= 0.6 is 0 Å². The van der Waals surface area contributed by atoms with Crippen LogP contribution in [-0.2, 0) is 11.3 Å². The minimum Gasteiger partial charge on any atom is -0.480 e. The Morgan fingerprint density at radius 3 is 2.10 bits per heavy atom. The number of halogens is 2. The summed E-state index contributed by atoms with van der Waals surface area (Å²) >= 11 is 0. The lowest BCUT2D eigenvalue weighted by Crippen LogP contribution is -2.28. The molecule has 0 aliphatic heterocycles. The van der Waals surface area contributed by atoms with Gasteiger partial charge in [-0.25, -0.2) is 8.78 Å². The van der Waals surface area contributed by atoms with Gasteiger partial charge in [0.05, 0.1) is 0 Å². The van der Waals surface area contributed by atoms with Crippen LogP contribution in [0, 0.1) is 0 Å². The number of carboxylic acids is 1. The van der Waals surface area contributed by atoms with E-state index in [0.29, 0.717) is 12.1 Å². The summed E-state index contributed by atoms with van der Waals surface area (Å²) in [7, 11) is 0. The molecule has 0 fully saturated rings. The zero-order valence-corrected chi connectivity index (χ0v) is 11.2. The predicted molar refractivity (Wildman–Crippen MR) is 75.1 cm³/mol. The zero-order valence-electron chi connectivity index (χ0n) is 11.2. The second kappa shape index (κ2) is 6.95. The molecule has 0 spiro atoms. The van der Waals surface area contributed by atoms with Crippen molar-refractivity contribution in [2.75, 3.05) is 0 Å². The van der Waals surface area contributed by atoms with Gasteiger partial charge in [0.1, 0.15) is 6.04 Å². The number of carboxylic acid groups (broad SMARTS) is 1. The smallest absolute Gasteiger partial charge is 0.325 e. The first kappa shape index (κ1) is 15.1. The van der Waals surface area contributed by atoms with Crippen LogP contribution in [0.25, 0.3) is 0 Å². The van der Waals surface area contributed by atoms with Crippen LogP contribution in [0.5, 0.6) is 0 Å². The van der Waals surface area contributed by atoms with E-state index in [1.54, 1.807) is 0 Å². The molecule has 0 heterocycles. The lowest BCUT2D eigenvalue weighted by Gasteiger charge is -2.15. The molecule has 110 valence electrons. The molecule has 1 atom stereocenters. The number of rotatable bonds is 6. The first-order chi connectivity index (χ1) is 10.1. The number of nitrogens with one attached hydrogen (secondary N) is 1. The van der Waals surface area contributed by atoms with Gasteiger partial charge in [-0.05, 0) is 11.1 Å². The summed E-state index contributed by atoms with van der Waals surface area (Å²) in [5.74, 6) is -1.05. The third-order valence-electron chi connectivity index (χ3n) is 3.12. The van der Waals surface area contributed by atoms with Crippen LogP contribution in [0.15, 0.2) is 54.6 Å². The average Bonchev–Trinajstić information content (AvgIpc) is 2.48. The minimum atomic E-state index is -2.56. The maximum Gasteiger partial charge on any atom is 0.325 e. The molecule has 0 aliphatic carbocycles. The van der Waals surface area contributed by atoms with E-state index >= 15 is 0 Å². The van der Waals surface area contributed by atoms with Gasteiger partial charge in [-0.15, -0.1) is 0 Å². The van der Waals surface area contributed by atoms with Gasteiger partial charge in [0, 0.05) is 12.1 Å². The zero-order chi connectivity index (χ0) is 15.2. The lowest BCUT2D eigenvalue weighted by atomic mass is 10.0. The molecule has 0 radical (unpaired) electrons. The van der Waals surface area contributed by atoms with E-state index < -0.39 is 18.4 Å². The molecule has 2 N–H and O–H groups in total. The fraction of sp³-hybridized carbons (Fsp3) is 0.188. The van der Waals surface area contributed by atoms with Crippen molar-refractivity contribution in [3.8, 4) is 0 Å². The Morgan fingerprint density at radius 2 is 1.57 bits per heavy atom. The monoisotopic (exact) mass is 291 g/mol. The van der Waals surface area contributed by atoms with Crippen LogP contribution < -0.4 is 5.32 Å². The molecule has 0 bridgehead atoms. The number of hydrogen-bond acceptors (Lipinski definition) is 2. The number of aliphatic carboxylic acids is 1. The predicted octanol–water partition coefficient (Wildman–Crippen LogP) is 3.54. The van der Waals surface area contributed by atoms with E-state index in [1.165, 1.54) is 24.3 Å². The Hall–Kier alpha value is -2.27. The largest absolute Gasteiger partial charge is 0.480 e. The third kappa shape index (κ3) is 4.10. The van der Waals surface area contributed by atoms with E-state index in [4.69, 9.17) is 0 Å². The molecule has 1 unspecified atom stereocenters. The fourth-order valence-electron chi connectivity index (χ4n) is 2.00. The van der Waals surface area contributed by atoms with Crippen LogP contribution in [-0.4, -0.2) is 11.1 Å². The summed E-state index contributed by atoms with van der Waals surface area (Å²) < 4.78 is 25.0. The quantitative estimate of drug-likeness (QED) is 0.856. The molecule has 0 saturated carbocycles. The van der Waals surface area contributed by atoms with Crippen LogP contribution in [0.1, 0.15) is 29.2 Å². The molecular weight excluding hydrogens is 276 g/mol. The molecule has 5 heteroatoms. The molecule has 2 aromatic rings. The van der Waals surface area contributed by atoms with Crippen LogP contribution in [0.3, 0.4) is 0 Å². The van der Waals surface area contributed by atoms with Crippen molar-refractivity contribution >= 4 is 5.97 Å². The highest BCUT2D eigenvalue weighted by atomic mass is 19.3. The first-order valence-corrected chi connectivity index (χ1v) is 6.46. The topological polar surface area (TPSA) is 49.3 Å². The van der Waals surface area contributed by atoms with Crippen molar-refractivity contribution in [1.82, 2.24) is 5.32 Å². The Balaban J connectivity index is 2.10. The highest BCUT2D eigenvalue weighted by molar-refractivity contribution is 5.75. The Kier molecular flexibility index (Phi) is 5.00. The van der Waals surface area contributed by atoms with Crippen LogP contribution in [0.4, 0.5) is 8.78 Å². The van der Waals surface area contributed by atoms with Gasteiger partial charge in [0.25, 0.3) is 6.43 Å². The number of benzene rings is 2. The third-order valence-corrected chi connectivity index (χ3v) is 3.12. The van der Waals surface area contributed by atoms with Crippen molar-refractivity contribution in [2.24, 2.45) is 0 Å². The highest BCUT2D eigenvalue weighted by Crippen LogP contribution is 2.21. The molecule has 21 heavy (non-hydrogen) atoms. The standard InChI is InChI=1S/C16H15F2NO2/c17-15(18)13-8-6-12(7-9-13)14(16(20)21)19-10-11-4-2-1-3-5-11/h1-9,14-15,19H,10H2,(H,20,21). The van der Waals surface area contributed by atoms with Gasteiger partial charge in [-0.1, -0.05) is 54.6 Å². The van der Waals surface area contributed by atoms with Crippen LogP contribution in [0.2, 0.25) is 0 Å². The maximum atomic E-state index is 12.5. The number of hydrogen-bond donors (Lipinski definition) is 2. The molecule has 0 aromatic heterocycles. The summed E-state index contributed by atoms with van der Waals surface area (Å²) in [6.07, 6.45) is -2.56. The normalized spacial score (nSPS) is 12.3. The molecule has 2 aromatic carbocycles. The molecule has 0 amide bonds. The number of carbonyl (C=O) groups is 1. The SMILES string of the molecule is O=C(O)C(NCc1ccccc1)c1ccc(C(F)F)cc1. The van der Waals surface area contributed by atoms with Gasteiger partial charge < -0.3 is 5.11 Å². The molecule has 2 rings (SSSR count). The minimum absolute atomic E-state index is 0.119. The van der Waals surface area contributed by atoms with E-state index in [2.05, 4.69) is 5.32 Å². The van der Waals surface area contributed by atoms with Gasteiger partial charge in [-0.2, -0.15) is 0 Å². The van der Waals surface area contributed by atoms with Gasteiger partial charge in [0.2, 0.25) is 0 Å². The molecule has 0 saturated heterocycles. The van der Waals surface area contributed by atoms with Crippen molar-refractivity contribution in [3.05, 3.63) is 71.3 Å². The molecule has 3 nitrogen and oxygen atoms in total. The van der Waals surface area contributed by atoms with Crippen molar-refractivity contribution in [2.45, 2.75) is 19.0 Å². The van der Waals surface area contributed by atoms with Crippen molar-refractivity contribution in [1.29, 1.82) is 0 Å². The summed E-state index contributed by atoms with van der Waals surface area (Å²) in [5.41, 5.74) is 1.28. The Labute approximate surface area is 121 Å². The van der Waals surface area contributed by atoms with Crippen molar-refractivity contribution < 1.29 is 18.7 Å². The highest BCUT2D eigenvalue weighted by Gasteiger charge is 2.19. The fourth-order valence-corrected chi connectivity index (χ4v) is 2.00.